The first-order valence-corrected chi connectivity index (χ1v) is 7.39. The molecule has 98 valence electrons. The van der Waals surface area contributed by atoms with Crippen LogP contribution in [0.1, 0.15) is 12.6 Å². The van der Waals surface area contributed by atoms with Crippen molar-refractivity contribution in [3.05, 3.63) is 15.4 Å². The zero-order valence-corrected chi connectivity index (χ0v) is 11.9. The number of hydrogen-bond donors (Lipinski definition) is 2. The number of H-pyrrole nitrogens is 1. The lowest BCUT2D eigenvalue weighted by molar-refractivity contribution is 0.370. The van der Waals surface area contributed by atoms with Crippen LogP contribution in [0.25, 0.3) is 0 Å². The van der Waals surface area contributed by atoms with Crippen molar-refractivity contribution >= 4 is 21.4 Å². The van der Waals surface area contributed by atoms with Crippen molar-refractivity contribution in [2.24, 2.45) is 0 Å². The molecule has 17 heavy (non-hydrogen) atoms. The number of aromatic amines is 1. The van der Waals surface area contributed by atoms with E-state index >= 15 is 0 Å². The van der Waals surface area contributed by atoms with Crippen LogP contribution in [0.4, 0.5) is 0 Å². The number of rotatable bonds is 5. The fourth-order valence-corrected chi connectivity index (χ4v) is 4.10. The number of likely N-dealkylation sites (N-methyl/N-ethyl adjacent to an activating group) is 1. The minimum atomic E-state index is -3.60. The molecule has 0 aromatic carbocycles. The molecule has 0 amide bonds. The zero-order valence-electron chi connectivity index (χ0n) is 10.3. The number of aryl methyl sites for hydroxylation is 1. The summed E-state index contributed by atoms with van der Waals surface area (Å²) < 4.78 is 26.6. The van der Waals surface area contributed by atoms with E-state index in [4.69, 9.17) is 0 Å². The van der Waals surface area contributed by atoms with Gasteiger partial charge in [-0.15, -0.1) is 0 Å². The Morgan fingerprint density at radius 1 is 1.47 bits per heavy atom. The van der Waals surface area contributed by atoms with Gasteiger partial charge in [-0.25, -0.2) is 13.1 Å². The van der Waals surface area contributed by atoms with E-state index in [0.29, 0.717) is 23.6 Å². The Bertz CT molecular complexity index is 530. The Labute approximate surface area is 105 Å². The van der Waals surface area contributed by atoms with E-state index in [1.165, 1.54) is 0 Å². The quantitative estimate of drug-likeness (QED) is 0.793. The van der Waals surface area contributed by atoms with Gasteiger partial charge in [-0.05, 0) is 27.9 Å². The summed E-state index contributed by atoms with van der Waals surface area (Å²) in [5.74, 6) is 0. The van der Waals surface area contributed by atoms with Crippen LogP contribution in [0, 0.1) is 6.92 Å². The molecule has 6 nitrogen and oxygen atoms in total. The van der Waals surface area contributed by atoms with Gasteiger partial charge in [0.2, 0.25) is 0 Å². The highest BCUT2D eigenvalue weighted by Crippen LogP contribution is 2.15. The van der Waals surface area contributed by atoms with Gasteiger partial charge in [0.1, 0.15) is 0 Å². The Hall–Kier alpha value is -0.700. The van der Waals surface area contributed by atoms with E-state index in [2.05, 4.69) is 9.71 Å². The summed E-state index contributed by atoms with van der Waals surface area (Å²) >= 11 is 0.707. The molecule has 0 aliphatic rings. The summed E-state index contributed by atoms with van der Waals surface area (Å²) in [6, 6.07) is -0.216. The van der Waals surface area contributed by atoms with Gasteiger partial charge in [0.05, 0.1) is 0 Å². The molecule has 1 rings (SSSR count). The fraction of sp³-hybridized carbons (Fsp3) is 0.667. The molecule has 0 saturated heterocycles. The van der Waals surface area contributed by atoms with Crippen molar-refractivity contribution in [1.29, 1.82) is 0 Å². The molecule has 1 atom stereocenters. The molecule has 0 fully saturated rings. The summed E-state index contributed by atoms with van der Waals surface area (Å²) in [5, 5.41) is 0. The highest BCUT2D eigenvalue weighted by atomic mass is 32.2. The zero-order chi connectivity index (χ0) is 13.2. The highest BCUT2D eigenvalue weighted by molar-refractivity contribution is 7.91. The summed E-state index contributed by atoms with van der Waals surface area (Å²) in [5.41, 5.74) is 0.379. The monoisotopic (exact) mass is 279 g/mol. The van der Waals surface area contributed by atoms with Crippen LogP contribution in [0.15, 0.2) is 9.00 Å². The third-order valence-corrected chi connectivity index (χ3v) is 5.21. The van der Waals surface area contributed by atoms with E-state index in [1.807, 2.05) is 19.0 Å². The van der Waals surface area contributed by atoms with Gasteiger partial charge < -0.3 is 9.88 Å². The van der Waals surface area contributed by atoms with E-state index in [9.17, 15) is 13.2 Å². The van der Waals surface area contributed by atoms with Crippen LogP contribution >= 0.6 is 11.3 Å². The van der Waals surface area contributed by atoms with Gasteiger partial charge in [-0.1, -0.05) is 11.3 Å². The minimum absolute atomic E-state index is 0.0631. The van der Waals surface area contributed by atoms with Crippen molar-refractivity contribution in [3.63, 3.8) is 0 Å². The molecule has 1 heterocycles. The maximum atomic E-state index is 12.0. The molecule has 0 bridgehead atoms. The summed E-state index contributed by atoms with van der Waals surface area (Å²) in [6.45, 7) is 3.95. The first-order valence-electron chi connectivity index (χ1n) is 5.09. The number of aromatic nitrogens is 1. The number of nitrogens with zero attached hydrogens (tertiary/aromatic N) is 1. The summed E-state index contributed by atoms with van der Waals surface area (Å²) in [6.07, 6.45) is 0. The van der Waals surface area contributed by atoms with Gasteiger partial charge in [-0.2, -0.15) is 0 Å². The Morgan fingerprint density at radius 3 is 2.47 bits per heavy atom. The average Bonchev–Trinajstić information content (AvgIpc) is 2.42. The lowest BCUT2D eigenvalue weighted by atomic mass is 10.3. The molecule has 0 saturated carbocycles. The van der Waals surface area contributed by atoms with Crippen LogP contribution < -0.4 is 9.60 Å². The average molecular weight is 279 g/mol. The van der Waals surface area contributed by atoms with Crippen LogP contribution in [-0.2, 0) is 10.0 Å². The SMILES string of the molecule is Cc1[nH]c(=O)sc1S(=O)(=O)NC(C)CN(C)C. The molecular weight excluding hydrogens is 262 g/mol. The third kappa shape index (κ3) is 3.91. The second-order valence-electron chi connectivity index (χ2n) is 4.21. The first kappa shape index (κ1) is 14.4. The largest absolute Gasteiger partial charge is 0.315 e. The van der Waals surface area contributed by atoms with Gasteiger partial charge in [-0.3, -0.25) is 4.79 Å². The van der Waals surface area contributed by atoms with E-state index < -0.39 is 10.0 Å². The first-order chi connectivity index (χ1) is 7.72. The van der Waals surface area contributed by atoms with Crippen molar-refractivity contribution in [1.82, 2.24) is 14.6 Å². The molecule has 2 N–H and O–H groups in total. The smallest absolute Gasteiger partial charge is 0.305 e. The Balaban J connectivity index is 2.90. The number of sulfonamides is 1. The van der Waals surface area contributed by atoms with Crippen molar-refractivity contribution in [2.45, 2.75) is 24.1 Å². The molecule has 0 aliphatic heterocycles. The van der Waals surface area contributed by atoms with Crippen molar-refractivity contribution in [2.75, 3.05) is 20.6 Å². The highest BCUT2D eigenvalue weighted by Gasteiger charge is 2.22. The lowest BCUT2D eigenvalue weighted by Crippen LogP contribution is -2.39. The molecule has 1 aromatic rings. The molecule has 8 heteroatoms. The standard InChI is InChI=1S/C9H17N3O3S2/c1-6(5-12(3)4)11-17(14,15)8-7(2)10-9(13)16-8/h6,11H,5H2,1-4H3,(H,10,13). The van der Waals surface area contributed by atoms with Crippen LogP contribution in [0.2, 0.25) is 0 Å². The van der Waals surface area contributed by atoms with Crippen LogP contribution in [0.5, 0.6) is 0 Å². The topological polar surface area (TPSA) is 82.3 Å². The van der Waals surface area contributed by atoms with E-state index in [1.54, 1.807) is 13.8 Å². The maximum Gasteiger partial charge on any atom is 0.305 e. The predicted octanol–water partition coefficient (Wildman–Crippen LogP) is -0.0268. The predicted molar refractivity (Wildman–Crippen MR) is 68.0 cm³/mol. The second kappa shape index (κ2) is 5.30. The second-order valence-corrected chi connectivity index (χ2v) is 7.10. The normalized spacial score (nSPS) is 14.2. The number of hydrogen-bond acceptors (Lipinski definition) is 5. The summed E-state index contributed by atoms with van der Waals surface area (Å²) in [7, 11) is 0.127. The number of thiazole rings is 1. The Kier molecular flexibility index (Phi) is 4.48. The van der Waals surface area contributed by atoms with Crippen molar-refractivity contribution < 1.29 is 8.42 Å². The summed E-state index contributed by atoms with van der Waals surface area (Å²) in [4.78, 5) is 15.1. The van der Waals surface area contributed by atoms with Gasteiger partial charge >= 0.3 is 4.87 Å². The maximum absolute atomic E-state index is 12.0. The molecule has 0 radical (unpaired) electrons. The van der Waals surface area contributed by atoms with E-state index in [0.717, 1.165) is 0 Å². The minimum Gasteiger partial charge on any atom is -0.315 e. The van der Waals surface area contributed by atoms with Crippen LogP contribution in [-0.4, -0.2) is 45.0 Å². The van der Waals surface area contributed by atoms with E-state index in [-0.39, 0.29) is 15.1 Å². The molecule has 0 spiro atoms. The third-order valence-electron chi connectivity index (χ3n) is 2.02. The fourth-order valence-electron chi connectivity index (χ4n) is 1.55. The molecule has 1 aromatic heterocycles. The van der Waals surface area contributed by atoms with Gasteiger partial charge in [0.15, 0.2) is 4.21 Å². The molecule has 0 aliphatic carbocycles. The Morgan fingerprint density at radius 2 is 2.06 bits per heavy atom. The molecular formula is C9H17N3O3S2. The van der Waals surface area contributed by atoms with Gasteiger partial charge in [0, 0.05) is 18.3 Å². The lowest BCUT2D eigenvalue weighted by Gasteiger charge is -2.17. The van der Waals surface area contributed by atoms with Crippen molar-refractivity contribution in [3.8, 4) is 0 Å². The van der Waals surface area contributed by atoms with Crippen LogP contribution in [0.3, 0.4) is 0 Å². The van der Waals surface area contributed by atoms with Gasteiger partial charge in [0.25, 0.3) is 10.0 Å². The number of nitrogens with one attached hydrogen (secondary N) is 2. The molecule has 1 unspecified atom stereocenters.